The van der Waals surface area contributed by atoms with Gasteiger partial charge in [0.05, 0.1) is 5.36 Å². The van der Waals surface area contributed by atoms with Crippen LogP contribution in [0.4, 0.5) is 5.69 Å². The van der Waals surface area contributed by atoms with Gasteiger partial charge in [-0.05, 0) is 18.2 Å². The Balaban J connectivity index is 2.00. The molecular weight excluding hydrogens is 304 g/mol. The minimum atomic E-state index is -0.989. The molecular formula is C20H15ClN2. The summed E-state index contributed by atoms with van der Waals surface area (Å²) in [5.74, 6) is 0. The number of rotatable bonds is 2. The second kappa shape index (κ2) is 5.56. The van der Waals surface area contributed by atoms with E-state index in [2.05, 4.69) is 12.3 Å². The highest BCUT2D eigenvalue weighted by Gasteiger charge is 2.37. The Morgan fingerprint density at radius 3 is 2.09 bits per heavy atom. The number of nitrogens with zero attached hydrogens (tertiary/aromatic N) is 2. The summed E-state index contributed by atoms with van der Waals surface area (Å²) in [7, 11) is 0. The Hall–Kier alpha value is -2.58. The van der Waals surface area contributed by atoms with Gasteiger partial charge in [-0.3, -0.25) is 0 Å². The summed E-state index contributed by atoms with van der Waals surface area (Å²) in [4.78, 5) is 6.89. The lowest BCUT2D eigenvalue weighted by molar-refractivity contribution is 0.633. The van der Waals surface area contributed by atoms with E-state index in [-0.39, 0.29) is 0 Å². The molecule has 0 spiro atoms. The van der Waals surface area contributed by atoms with E-state index in [1.807, 2.05) is 83.8 Å². The molecule has 0 saturated carbocycles. The fraction of sp³-hybridized carbons (Fsp3) is 0.0500. The molecule has 1 atom stereocenters. The summed E-state index contributed by atoms with van der Waals surface area (Å²) < 4.78 is 0. The predicted octanol–water partition coefficient (Wildman–Crippen LogP) is 3.61. The van der Waals surface area contributed by atoms with Crippen molar-refractivity contribution in [1.29, 1.82) is 0 Å². The lowest BCUT2D eigenvalue weighted by Crippen LogP contribution is -2.46. The average molecular weight is 319 g/mol. The van der Waals surface area contributed by atoms with Gasteiger partial charge in [0.1, 0.15) is 0 Å². The summed E-state index contributed by atoms with van der Waals surface area (Å²) >= 11 is 7.06. The van der Waals surface area contributed by atoms with Crippen molar-refractivity contribution in [1.82, 2.24) is 0 Å². The van der Waals surface area contributed by atoms with Crippen LogP contribution in [0.15, 0.2) is 89.9 Å². The molecule has 1 unspecified atom stereocenters. The highest BCUT2D eigenvalue weighted by Crippen LogP contribution is 2.39. The van der Waals surface area contributed by atoms with Crippen molar-refractivity contribution in [3.63, 3.8) is 0 Å². The third-order valence-electron chi connectivity index (χ3n) is 3.97. The maximum absolute atomic E-state index is 7.06. The summed E-state index contributed by atoms with van der Waals surface area (Å²) in [6, 6.07) is 28.1. The van der Waals surface area contributed by atoms with Gasteiger partial charge in [-0.1, -0.05) is 78.3 Å². The predicted molar refractivity (Wildman–Crippen MR) is 94.6 cm³/mol. The van der Waals surface area contributed by atoms with Gasteiger partial charge in [-0.2, -0.15) is 0 Å². The van der Waals surface area contributed by atoms with Crippen LogP contribution in [0.2, 0.25) is 0 Å². The second-order valence-electron chi connectivity index (χ2n) is 5.46. The number of fused-ring (bicyclic) bond motifs is 1. The van der Waals surface area contributed by atoms with E-state index in [9.17, 15) is 0 Å². The standard InChI is InChI=1S/C20H15ClN2/c21-20(17-10-3-1-4-11-17)22-19-14-8-7-9-16(19)15-23(20)18-12-5-2-6-13-18/h1-15H. The van der Waals surface area contributed by atoms with Crippen molar-refractivity contribution in [3.8, 4) is 0 Å². The minimum Gasteiger partial charge on any atom is -0.306 e. The molecule has 0 aliphatic carbocycles. The van der Waals surface area contributed by atoms with E-state index in [0.29, 0.717) is 0 Å². The van der Waals surface area contributed by atoms with E-state index in [4.69, 9.17) is 16.6 Å². The number of hydrogen-bond donors (Lipinski definition) is 0. The van der Waals surface area contributed by atoms with Gasteiger partial charge in [0.25, 0.3) is 0 Å². The fourth-order valence-corrected chi connectivity index (χ4v) is 3.19. The van der Waals surface area contributed by atoms with Crippen LogP contribution in [0.25, 0.3) is 6.20 Å². The Labute approximate surface area is 140 Å². The number of hydrogen-bond acceptors (Lipinski definition) is 2. The van der Waals surface area contributed by atoms with Crippen molar-refractivity contribution >= 4 is 23.5 Å². The van der Waals surface area contributed by atoms with Crippen molar-refractivity contribution in [2.24, 2.45) is 4.99 Å². The molecule has 0 bridgehead atoms. The second-order valence-corrected chi connectivity index (χ2v) is 5.99. The smallest absolute Gasteiger partial charge is 0.239 e. The van der Waals surface area contributed by atoms with Crippen molar-refractivity contribution in [3.05, 3.63) is 101 Å². The zero-order valence-corrected chi connectivity index (χ0v) is 13.2. The molecule has 0 radical (unpaired) electrons. The molecule has 112 valence electrons. The molecule has 3 aromatic rings. The number of benzene rings is 3. The van der Waals surface area contributed by atoms with Gasteiger partial charge < -0.3 is 4.90 Å². The van der Waals surface area contributed by atoms with Crippen LogP contribution in [0.1, 0.15) is 5.56 Å². The topological polar surface area (TPSA) is 15.6 Å². The lowest BCUT2D eigenvalue weighted by atomic mass is 10.1. The molecule has 0 amide bonds. The maximum atomic E-state index is 7.06. The molecule has 3 heteroatoms. The van der Waals surface area contributed by atoms with Crippen LogP contribution >= 0.6 is 11.6 Å². The first-order valence-electron chi connectivity index (χ1n) is 7.53. The van der Waals surface area contributed by atoms with Crippen LogP contribution in [0, 0.1) is 0 Å². The van der Waals surface area contributed by atoms with Crippen molar-refractivity contribution in [2.75, 3.05) is 4.90 Å². The van der Waals surface area contributed by atoms with E-state index in [1.54, 1.807) is 0 Å². The third kappa shape index (κ3) is 2.41. The van der Waals surface area contributed by atoms with E-state index in [0.717, 1.165) is 21.8 Å². The van der Waals surface area contributed by atoms with Crippen LogP contribution in [0.3, 0.4) is 0 Å². The third-order valence-corrected chi connectivity index (χ3v) is 4.45. The molecule has 23 heavy (non-hydrogen) atoms. The Morgan fingerprint density at radius 2 is 1.35 bits per heavy atom. The van der Waals surface area contributed by atoms with Gasteiger partial charge in [0.15, 0.2) is 0 Å². The Morgan fingerprint density at radius 1 is 0.739 bits per heavy atom. The van der Waals surface area contributed by atoms with Crippen LogP contribution < -0.4 is 15.5 Å². The normalized spacial score (nSPS) is 19.4. The average Bonchev–Trinajstić information content (AvgIpc) is 2.62. The summed E-state index contributed by atoms with van der Waals surface area (Å²) in [5.41, 5.74) is 1.95. The number of anilines is 1. The summed E-state index contributed by atoms with van der Waals surface area (Å²) in [5, 5.41) is 0.971. The zero-order valence-electron chi connectivity index (χ0n) is 12.4. The molecule has 0 N–H and O–H groups in total. The molecule has 0 saturated heterocycles. The fourth-order valence-electron chi connectivity index (χ4n) is 2.82. The number of para-hydroxylation sites is 2. The van der Waals surface area contributed by atoms with Crippen molar-refractivity contribution < 1.29 is 0 Å². The molecule has 1 aliphatic rings. The largest absolute Gasteiger partial charge is 0.306 e. The Kier molecular flexibility index (Phi) is 3.40. The first-order valence-corrected chi connectivity index (χ1v) is 7.91. The maximum Gasteiger partial charge on any atom is 0.239 e. The van der Waals surface area contributed by atoms with Crippen LogP contribution in [-0.2, 0) is 5.12 Å². The van der Waals surface area contributed by atoms with Crippen molar-refractivity contribution in [2.45, 2.75) is 5.12 Å². The summed E-state index contributed by atoms with van der Waals surface area (Å²) in [6.45, 7) is 0. The highest BCUT2D eigenvalue weighted by atomic mass is 35.5. The molecule has 3 aromatic carbocycles. The molecule has 1 heterocycles. The quantitative estimate of drug-likeness (QED) is 0.520. The molecule has 4 rings (SSSR count). The number of halogens is 1. The molecule has 1 aliphatic heterocycles. The van der Waals surface area contributed by atoms with E-state index >= 15 is 0 Å². The minimum absolute atomic E-state index is 0.901. The molecule has 0 fully saturated rings. The van der Waals surface area contributed by atoms with Gasteiger partial charge in [0, 0.05) is 22.7 Å². The highest BCUT2D eigenvalue weighted by molar-refractivity contribution is 6.25. The molecule has 0 aromatic heterocycles. The lowest BCUT2D eigenvalue weighted by Gasteiger charge is -2.37. The van der Waals surface area contributed by atoms with E-state index < -0.39 is 5.12 Å². The van der Waals surface area contributed by atoms with Gasteiger partial charge in [-0.15, -0.1) is 0 Å². The van der Waals surface area contributed by atoms with Gasteiger partial charge in [-0.25, -0.2) is 4.99 Å². The number of alkyl halides is 1. The monoisotopic (exact) mass is 318 g/mol. The zero-order chi connectivity index (χ0) is 15.7. The van der Waals surface area contributed by atoms with E-state index in [1.165, 1.54) is 0 Å². The summed E-state index contributed by atoms with van der Waals surface area (Å²) in [6.07, 6.45) is 2.07. The molecule has 2 nitrogen and oxygen atoms in total. The van der Waals surface area contributed by atoms with Crippen LogP contribution in [0.5, 0.6) is 0 Å². The SMILES string of the molecule is ClC1(c2ccccc2)N=c2ccccc2=CN1c1ccccc1. The van der Waals surface area contributed by atoms with Gasteiger partial charge in [0.2, 0.25) is 5.12 Å². The Bertz CT molecular complexity index is 938. The first-order chi connectivity index (χ1) is 11.3. The van der Waals surface area contributed by atoms with Gasteiger partial charge >= 0.3 is 0 Å². The first kappa shape index (κ1) is 14.0. The van der Waals surface area contributed by atoms with Crippen LogP contribution in [-0.4, -0.2) is 0 Å².